The van der Waals surface area contributed by atoms with Crippen molar-refractivity contribution in [2.45, 2.75) is 12.8 Å². The van der Waals surface area contributed by atoms with Crippen molar-refractivity contribution in [1.82, 2.24) is 25.0 Å². The number of fused-ring (bicyclic) bond motifs is 1. The van der Waals surface area contributed by atoms with Gasteiger partial charge in [0.2, 0.25) is 0 Å². The van der Waals surface area contributed by atoms with Gasteiger partial charge in [0.1, 0.15) is 5.82 Å². The summed E-state index contributed by atoms with van der Waals surface area (Å²) in [5.74, 6) is 0.800. The molecule has 0 fully saturated rings. The maximum atomic E-state index is 5.40. The third-order valence-corrected chi connectivity index (χ3v) is 2.05. The lowest BCUT2D eigenvalue weighted by Crippen LogP contribution is -2.09. The first-order valence-electron chi connectivity index (χ1n) is 4.88. The number of hydrogen-bond donors (Lipinski definition) is 2. The second-order valence-electron chi connectivity index (χ2n) is 3.16. The zero-order valence-corrected chi connectivity index (χ0v) is 8.30. The Balaban J connectivity index is 2.04. The Kier molecular flexibility index (Phi) is 3.03. The van der Waals surface area contributed by atoms with E-state index in [-0.39, 0.29) is 0 Å². The fraction of sp³-hybridized carbons (Fsp3) is 0.500. The summed E-state index contributed by atoms with van der Waals surface area (Å²) >= 11 is 0. The molecule has 2 heterocycles. The van der Waals surface area contributed by atoms with Gasteiger partial charge in [-0.25, -0.2) is 0 Å². The summed E-state index contributed by atoms with van der Waals surface area (Å²) in [7, 11) is 0. The minimum absolute atomic E-state index is 0.638. The number of hydrogen-bond acceptors (Lipinski definition) is 6. The van der Waals surface area contributed by atoms with Crippen LogP contribution in [0, 0.1) is 0 Å². The minimum Gasteiger partial charge on any atom is -0.369 e. The van der Waals surface area contributed by atoms with Gasteiger partial charge in [-0.15, -0.1) is 5.10 Å². The van der Waals surface area contributed by atoms with Gasteiger partial charge in [0.25, 0.3) is 0 Å². The average molecular weight is 207 g/mol. The first-order valence-corrected chi connectivity index (χ1v) is 4.88. The molecule has 80 valence electrons. The molecule has 7 heteroatoms. The molecule has 2 aromatic rings. The number of unbranched alkanes of at least 4 members (excludes halogenated alkanes) is 1. The van der Waals surface area contributed by atoms with Gasteiger partial charge in [-0.05, 0) is 29.8 Å². The van der Waals surface area contributed by atoms with E-state index in [1.807, 2.05) is 0 Å². The van der Waals surface area contributed by atoms with Crippen LogP contribution in [0.5, 0.6) is 0 Å². The van der Waals surface area contributed by atoms with Crippen LogP contribution >= 0.6 is 0 Å². The Morgan fingerprint density at radius 2 is 2.27 bits per heavy atom. The quantitative estimate of drug-likeness (QED) is 0.652. The molecule has 0 aromatic carbocycles. The summed E-state index contributed by atoms with van der Waals surface area (Å²) in [6.07, 6.45) is 5.35. The van der Waals surface area contributed by atoms with E-state index < -0.39 is 0 Å². The van der Waals surface area contributed by atoms with Gasteiger partial charge in [-0.3, -0.25) is 4.98 Å². The molecule has 0 radical (unpaired) electrons. The Labute approximate surface area is 86.7 Å². The van der Waals surface area contributed by atoms with Gasteiger partial charge in [0.15, 0.2) is 5.65 Å². The van der Waals surface area contributed by atoms with Crippen molar-refractivity contribution in [2.75, 3.05) is 18.4 Å². The van der Waals surface area contributed by atoms with Crippen LogP contribution in [-0.2, 0) is 0 Å². The molecule has 3 N–H and O–H groups in total. The summed E-state index contributed by atoms with van der Waals surface area (Å²) in [5.41, 5.74) is 6.04. The van der Waals surface area contributed by atoms with E-state index in [1.54, 1.807) is 16.9 Å². The van der Waals surface area contributed by atoms with E-state index >= 15 is 0 Å². The maximum Gasteiger partial charge on any atom is 0.199 e. The fourth-order valence-corrected chi connectivity index (χ4v) is 1.28. The zero-order valence-electron chi connectivity index (χ0n) is 8.30. The van der Waals surface area contributed by atoms with Gasteiger partial charge in [0, 0.05) is 6.54 Å². The van der Waals surface area contributed by atoms with E-state index in [4.69, 9.17) is 5.73 Å². The topological polar surface area (TPSA) is 94.0 Å². The lowest BCUT2D eigenvalue weighted by molar-refractivity contribution is 0.762. The molecule has 0 aliphatic rings. The molecule has 0 spiro atoms. The standard InChI is InChI=1S/C8H13N7/c9-3-1-2-4-11-7-5-10-6-8-12-13-14-15(7)8/h5-6,11H,1-4,9H2. The molecule has 0 unspecified atom stereocenters. The molecule has 0 atom stereocenters. The molecule has 0 saturated heterocycles. The zero-order chi connectivity index (χ0) is 10.5. The number of rotatable bonds is 5. The van der Waals surface area contributed by atoms with Gasteiger partial charge in [-0.1, -0.05) is 0 Å². The minimum atomic E-state index is 0.638. The van der Waals surface area contributed by atoms with Crippen molar-refractivity contribution in [3.05, 3.63) is 12.4 Å². The van der Waals surface area contributed by atoms with Crippen molar-refractivity contribution in [3.8, 4) is 0 Å². The summed E-state index contributed by atoms with van der Waals surface area (Å²) in [5, 5.41) is 14.4. The van der Waals surface area contributed by atoms with Crippen molar-refractivity contribution in [2.24, 2.45) is 5.73 Å². The predicted molar refractivity (Wildman–Crippen MR) is 55.4 cm³/mol. The van der Waals surface area contributed by atoms with Crippen molar-refractivity contribution in [3.63, 3.8) is 0 Å². The highest BCUT2D eigenvalue weighted by atomic mass is 15.5. The van der Waals surface area contributed by atoms with Gasteiger partial charge < -0.3 is 11.1 Å². The molecule has 0 saturated carbocycles. The van der Waals surface area contributed by atoms with Gasteiger partial charge >= 0.3 is 0 Å². The first kappa shape index (κ1) is 9.78. The maximum absolute atomic E-state index is 5.40. The van der Waals surface area contributed by atoms with E-state index in [2.05, 4.69) is 25.8 Å². The van der Waals surface area contributed by atoms with Crippen molar-refractivity contribution >= 4 is 11.5 Å². The first-order chi connectivity index (χ1) is 7.42. The molecule has 0 amide bonds. The van der Waals surface area contributed by atoms with E-state index in [1.165, 1.54) is 0 Å². The number of nitrogens with zero attached hydrogens (tertiary/aromatic N) is 5. The van der Waals surface area contributed by atoms with E-state index in [0.29, 0.717) is 5.65 Å². The Morgan fingerprint density at radius 3 is 3.13 bits per heavy atom. The van der Waals surface area contributed by atoms with Crippen molar-refractivity contribution < 1.29 is 0 Å². The summed E-state index contributed by atoms with van der Waals surface area (Å²) in [4.78, 5) is 4.03. The van der Waals surface area contributed by atoms with E-state index in [9.17, 15) is 0 Å². The lowest BCUT2D eigenvalue weighted by atomic mass is 10.3. The molecular formula is C8H13N7. The number of nitrogens with two attached hydrogens (primary N) is 1. The molecule has 15 heavy (non-hydrogen) atoms. The number of nitrogens with one attached hydrogen (secondary N) is 1. The van der Waals surface area contributed by atoms with Crippen LogP contribution in [0.4, 0.5) is 5.82 Å². The highest BCUT2D eigenvalue weighted by Crippen LogP contribution is 2.05. The second kappa shape index (κ2) is 4.65. The summed E-state index contributed by atoms with van der Waals surface area (Å²) in [6, 6.07) is 0. The Hall–Kier alpha value is -1.76. The molecule has 7 nitrogen and oxygen atoms in total. The summed E-state index contributed by atoms with van der Waals surface area (Å²) in [6.45, 7) is 1.56. The van der Waals surface area contributed by atoms with Crippen LogP contribution in [0.15, 0.2) is 12.4 Å². The number of anilines is 1. The molecule has 2 rings (SSSR count). The predicted octanol–water partition coefficient (Wildman–Crippen LogP) is -0.330. The molecule has 0 aliphatic heterocycles. The van der Waals surface area contributed by atoms with Crippen LogP contribution in [0.25, 0.3) is 5.65 Å². The fourth-order valence-electron chi connectivity index (χ4n) is 1.28. The van der Waals surface area contributed by atoms with Crippen molar-refractivity contribution in [1.29, 1.82) is 0 Å². The van der Waals surface area contributed by atoms with Crippen LogP contribution in [-0.4, -0.2) is 38.1 Å². The normalized spacial score (nSPS) is 10.7. The Morgan fingerprint density at radius 1 is 1.33 bits per heavy atom. The molecule has 0 bridgehead atoms. The molecular weight excluding hydrogens is 194 g/mol. The Bertz CT molecular complexity index is 424. The highest BCUT2D eigenvalue weighted by molar-refractivity contribution is 5.43. The van der Waals surface area contributed by atoms with Crippen LogP contribution in [0.3, 0.4) is 0 Å². The SMILES string of the molecule is NCCCCNc1cncc2nnnn12. The number of tetrazole rings is 1. The molecule has 2 aromatic heterocycles. The second-order valence-corrected chi connectivity index (χ2v) is 3.16. The molecule has 0 aliphatic carbocycles. The number of aromatic nitrogens is 5. The highest BCUT2D eigenvalue weighted by Gasteiger charge is 2.02. The average Bonchev–Trinajstić information content (AvgIpc) is 2.73. The summed E-state index contributed by atoms with van der Waals surface area (Å²) < 4.78 is 1.62. The van der Waals surface area contributed by atoms with Crippen LogP contribution < -0.4 is 11.1 Å². The lowest BCUT2D eigenvalue weighted by Gasteiger charge is -2.05. The third-order valence-electron chi connectivity index (χ3n) is 2.05. The monoisotopic (exact) mass is 207 g/mol. The van der Waals surface area contributed by atoms with Crippen LogP contribution in [0.1, 0.15) is 12.8 Å². The largest absolute Gasteiger partial charge is 0.369 e. The smallest absolute Gasteiger partial charge is 0.199 e. The van der Waals surface area contributed by atoms with Gasteiger partial charge in [0.05, 0.1) is 12.4 Å². The van der Waals surface area contributed by atoms with Crippen LogP contribution in [0.2, 0.25) is 0 Å². The van der Waals surface area contributed by atoms with E-state index in [0.717, 1.165) is 31.7 Å². The van der Waals surface area contributed by atoms with Gasteiger partial charge in [-0.2, -0.15) is 4.52 Å². The third kappa shape index (κ3) is 2.18.